The molecule has 118 valence electrons. The van der Waals surface area contributed by atoms with Crippen LogP contribution in [-0.2, 0) is 11.3 Å². The topological polar surface area (TPSA) is 24.5 Å². The zero-order valence-corrected chi connectivity index (χ0v) is 14.1. The molecule has 0 amide bonds. The largest absolute Gasteiger partial charge is 0.383 e. The third-order valence-corrected chi connectivity index (χ3v) is 4.05. The maximum Gasteiger partial charge on any atom is 0.0643 e. The second kappa shape index (κ2) is 8.02. The van der Waals surface area contributed by atoms with Gasteiger partial charge in [0.05, 0.1) is 17.3 Å². The molecule has 2 rings (SSSR count). The number of methoxy groups -OCH3 is 1. The molecule has 1 saturated carbocycles. The molecule has 0 spiro atoms. The average molecular weight is 311 g/mol. The number of hydrogen-bond acceptors (Lipinski definition) is 3. The van der Waals surface area contributed by atoms with Gasteiger partial charge in [-0.2, -0.15) is 0 Å². The third kappa shape index (κ3) is 4.87. The summed E-state index contributed by atoms with van der Waals surface area (Å²) in [5.41, 5.74) is 2.47. The van der Waals surface area contributed by atoms with E-state index in [1.807, 2.05) is 12.1 Å². The smallest absolute Gasteiger partial charge is 0.0643 e. The Morgan fingerprint density at radius 3 is 2.76 bits per heavy atom. The van der Waals surface area contributed by atoms with Crippen LogP contribution >= 0.6 is 11.6 Å². The summed E-state index contributed by atoms with van der Waals surface area (Å²) in [6, 6.07) is 6.84. The molecule has 1 fully saturated rings. The third-order valence-electron chi connectivity index (χ3n) is 3.75. The fraction of sp³-hybridized carbons (Fsp3) is 0.647. The van der Waals surface area contributed by atoms with Crippen molar-refractivity contribution in [3.8, 4) is 0 Å². The van der Waals surface area contributed by atoms with E-state index < -0.39 is 0 Å². The quantitative estimate of drug-likeness (QED) is 0.752. The predicted octanol–water partition coefficient (Wildman–Crippen LogP) is 3.70. The summed E-state index contributed by atoms with van der Waals surface area (Å²) < 4.78 is 5.26. The number of ether oxygens (including phenoxy) is 1. The van der Waals surface area contributed by atoms with E-state index in [4.69, 9.17) is 16.3 Å². The molecule has 0 radical (unpaired) electrons. The molecular formula is C17H27ClN2O. The second-order valence-corrected chi connectivity index (χ2v) is 6.60. The molecule has 3 nitrogen and oxygen atoms in total. The van der Waals surface area contributed by atoms with Crippen LogP contribution in [0.3, 0.4) is 0 Å². The Hall–Kier alpha value is -0.770. The summed E-state index contributed by atoms with van der Waals surface area (Å²) in [4.78, 5) is 2.43. The van der Waals surface area contributed by atoms with E-state index in [9.17, 15) is 0 Å². The van der Waals surface area contributed by atoms with Gasteiger partial charge >= 0.3 is 0 Å². The summed E-state index contributed by atoms with van der Waals surface area (Å²) >= 11 is 6.51. The number of nitrogens with zero attached hydrogens (tertiary/aromatic N) is 1. The minimum atomic E-state index is 0.629. The minimum Gasteiger partial charge on any atom is -0.383 e. The monoisotopic (exact) mass is 310 g/mol. The molecule has 1 N–H and O–H groups in total. The molecule has 0 atom stereocenters. The molecule has 0 aliphatic heterocycles. The predicted molar refractivity (Wildman–Crippen MR) is 90.2 cm³/mol. The highest BCUT2D eigenvalue weighted by Gasteiger charge is 2.31. The van der Waals surface area contributed by atoms with Gasteiger partial charge in [-0.25, -0.2) is 0 Å². The normalized spacial score (nSPS) is 14.7. The molecule has 21 heavy (non-hydrogen) atoms. The summed E-state index contributed by atoms with van der Waals surface area (Å²) in [6.45, 7) is 7.97. The van der Waals surface area contributed by atoms with Crippen LogP contribution < -0.4 is 10.2 Å². The van der Waals surface area contributed by atoms with Crippen LogP contribution in [0.1, 0.15) is 32.3 Å². The lowest BCUT2D eigenvalue weighted by Gasteiger charge is -2.28. The van der Waals surface area contributed by atoms with Crippen LogP contribution in [0.25, 0.3) is 0 Å². The summed E-state index contributed by atoms with van der Waals surface area (Å²) in [7, 11) is 1.75. The molecule has 1 aromatic rings. The maximum absolute atomic E-state index is 6.51. The van der Waals surface area contributed by atoms with E-state index in [0.29, 0.717) is 12.0 Å². The molecule has 0 heterocycles. The lowest BCUT2D eigenvalue weighted by molar-refractivity contribution is 0.205. The molecule has 0 saturated heterocycles. The van der Waals surface area contributed by atoms with Crippen LogP contribution in [0.15, 0.2) is 18.2 Å². The van der Waals surface area contributed by atoms with Gasteiger partial charge in [-0.3, -0.25) is 0 Å². The van der Waals surface area contributed by atoms with Gasteiger partial charge in [-0.15, -0.1) is 0 Å². The molecule has 1 aliphatic rings. The van der Waals surface area contributed by atoms with Gasteiger partial charge in [0, 0.05) is 26.2 Å². The van der Waals surface area contributed by atoms with Crippen molar-refractivity contribution in [3.05, 3.63) is 28.8 Å². The Labute approximate surface area is 133 Å². The Bertz CT molecular complexity index is 446. The van der Waals surface area contributed by atoms with E-state index in [0.717, 1.165) is 31.3 Å². The fourth-order valence-corrected chi connectivity index (χ4v) is 2.88. The highest BCUT2D eigenvalue weighted by Crippen LogP contribution is 2.37. The number of nitrogens with one attached hydrogen (secondary N) is 1. The van der Waals surface area contributed by atoms with Gasteiger partial charge in [0.25, 0.3) is 0 Å². The highest BCUT2D eigenvalue weighted by molar-refractivity contribution is 6.33. The second-order valence-electron chi connectivity index (χ2n) is 6.19. The number of hydrogen-bond donors (Lipinski definition) is 1. The Balaban J connectivity index is 2.14. The van der Waals surface area contributed by atoms with Crippen molar-refractivity contribution in [2.45, 2.75) is 39.3 Å². The number of benzene rings is 1. The van der Waals surface area contributed by atoms with Crippen LogP contribution in [0.5, 0.6) is 0 Å². The van der Waals surface area contributed by atoms with Gasteiger partial charge in [0.15, 0.2) is 0 Å². The van der Waals surface area contributed by atoms with Crippen molar-refractivity contribution < 1.29 is 4.74 Å². The zero-order valence-electron chi connectivity index (χ0n) is 13.4. The van der Waals surface area contributed by atoms with E-state index in [2.05, 4.69) is 30.1 Å². The molecule has 4 heteroatoms. The number of para-hydroxylation sites is 1. The summed E-state index contributed by atoms with van der Waals surface area (Å²) in [5.74, 6) is 0.653. The van der Waals surface area contributed by atoms with Crippen LogP contribution in [0.4, 0.5) is 5.69 Å². The van der Waals surface area contributed by atoms with Gasteiger partial charge in [0.2, 0.25) is 0 Å². The van der Waals surface area contributed by atoms with Gasteiger partial charge in [-0.1, -0.05) is 37.6 Å². The Morgan fingerprint density at radius 1 is 1.38 bits per heavy atom. The number of anilines is 1. The van der Waals surface area contributed by atoms with E-state index in [1.165, 1.54) is 24.1 Å². The van der Waals surface area contributed by atoms with Crippen molar-refractivity contribution in [2.75, 3.05) is 31.7 Å². The molecule has 0 bridgehead atoms. The minimum absolute atomic E-state index is 0.629. The molecule has 0 aromatic heterocycles. The van der Waals surface area contributed by atoms with Crippen molar-refractivity contribution in [1.29, 1.82) is 0 Å². The first-order valence-electron chi connectivity index (χ1n) is 7.87. The molecule has 1 aliphatic carbocycles. The van der Waals surface area contributed by atoms with Gasteiger partial charge < -0.3 is 15.0 Å². The average Bonchev–Trinajstić information content (AvgIpc) is 3.25. The molecule has 0 unspecified atom stereocenters. The SMILES string of the molecule is COCCN(c1c(Cl)cccc1CNCC(C)C)C1CC1. The Kier molecular flexibility index (Phi) is 6.34. The van der Waals surface area contributed by atoms with Crippen molar-refractivity contribution >= 4 is 17.3 Å². The standard InChI is InChI=1S/C17H27ClN2O/c1-13(2)11-19-12-14-5-4-6-16(18)17(14)20(9-10-21-3)15-7-8-15/h4-6,13,15,19H,7-12H2,1-3H3. The summed E-state index contributed by atoms with van der Waals surface area (Å²) in [6.07, 6.45) is 2.52. The lowest BCUT2D eigenvalue weighted by atomic mass is 10.1. The molecule has 1 aromatic carbocycles. The van der Waals surface area contributed by atoms with E-state index >= 15 is 0 Å². The van der Waals surface area contributed by atoms with Crippen molar-refractivity contribution in [3.63, 3.8) is 0 Å². The van der Waals surface area contributed by atoms with Gasteiger partial charge in [0.1, 0.15) is 0 Å². The van der Waals surface area contributed by atoms with E-state index in [-0.39, 0.29) is 0 Å². The maximum atomic E-state index is 6.51. The zero-order chi connectivity index (χ0) is 15.2. The Morgan fingerprint density at radius 2 is 2.14 bits per heavy atom. The first-order chi connectivity index (χ1) is 10.1. The molecular weight excluding hydrogens is 284 g/mol. The van der Waals surface area contributed by atoms with Crippen LogP contribution in [-0.4, -0.2) is 32.8 Å². The van der Waals surface area contributed by atoms with Gasteiger partial charge in [-0.05, 0) is 36.9 Å². The number of rotatable bonds is 9. The van der Waals surface area contributed by atoms with Crippen molar-refractivity contribution in [1.82, 2.24) is 5.32 Å². The first-order valence-corrected chi connectivity index (χ1v) is 8.25. The highest BCUT2D eigenvalue weighted by atomic mass is 35.5. The lowest BCUT2D eigenvalue weighted by Crippen LogP contribution is -2.31. The van der Waals surface area contributed by atoms with Crippen LogP contribution in [0.2, 0.25) is 5.02 Å². The number of halogens is 1. The first kappa shape index (κ1) is 16.6. The van der Waals surface area contributed by atoms with Crippen LogP contribution in [0, 0.1) is 5.92 Å². The van der Waals surface area contributed by atoms with Crippen molar-refractivity contribution in [2.24, 2.45) is 5.92 Å². The van der Waals surface area contributed by atoms with E-state index in [1.54, 1.807) is 7.11 Å². The summed E-state index contributed by atoms with van der Waals surface area (Å²) in [5, 5.41) is 4.37. The fourth-order valence-electron chi connectivity index (χ4n) is 2.57.